The maximum atomic E-state index is 10.1. The van der Waals surface area contributed by atoms with Crippen molar-refractivity contribution in [1.29, 1.82) is 5.26 Å². The molecule has 7 rings (SSSR count). The molecule has 6 heterocycles. The van der Waals surface area contributed by atoms with Gasteiger partial charge in [0.2, 0.25) is 5.88 Å². The Hall–Kier alpha value is -4.33. The van der Waals surface area contributed by atoms with Crippen molar-refractivity contribution in [3.05, 3.63) is 66.1 Å². The number of rotatable bonds is 8. The van der Waals surface area contributed by atoms with Crippen LogP contribution < -0.4 is 14.4 Å². The van der Waals surface area contributed by atoms with E-state index in [1.165, 1.54) is 18.2 Å². The third-order valence-corrected chi connectivity index (χ3v) is 7.52. The molecule has 1 aromatic carbocycles. The number of hydrogen-bond donors (Lipinski definition) is 1. The van der Waals surface area contributed by atoms with Crippen molar-refractivity contribution in [1.82, 2.24) is 25.1 Å². The second-order valence-electron chi connectivity index (χ2n) is 11.1. The van der Waals surface area contributed by atoms with Crippen molar-refractivity contribution >= 4 is 16.7 Å². The van der Waals surface area contributed by atoms with E-state index in [1.54, 1.807) is 27.0 Å². The van der Waals surface area contributed by atoms with Crippen LogP contribution in [0.25, 0.3) is 22.0 Å². The monoisotopic (exact) mass is 537 g/mol. The predicted octanol–water partition coefficient (Wildman–Crippen LogP) is 3.58. The van der Waals surface area contributed by atoms with E-state index in [2.05, 4.69) is 37.1 Å². The van der Waals surface area contributed by atoms with Crippen LogP contribution in [0.5, 0.6) is 11.6 Å². The molecule has 1 N–H and O–H groups in total. The summed E-state index contributed by atoms with van der Waals surface area (Å²) in [7, 11) is 1.63. The molecule has 3 aliphatic heterocycles. The molecule has 0 spiro atoms. The quantitative estimate of drug-likeness (QED) is 0.357. The topological polar surface area (TPSA) is 121 Å². The van der Waals surface area contributed by atoms with Crippen molar-refractivity contribution in [2.75, 3.05) is 31.7 Å². The Labute approximate surface area is 232 Å². The molecule has 3 aromatic heterocycles. The molecule has 204 valence electrons. The second kappa shape index (κ2) is 10.3. The molecule has 0 amide bonds. The van der Waals surface area contributed by atoms with Crippen LogP contribution in [0.15, 0.2) is 55.0 Å². The number of pyridine rings is 2. The SMILES string of the molecule is COc1ccc(CN2C3CC2CN(c2ccc(-c4cc(OCC(C)(C)O)cc5nncc(C#N)c45)cn2)C3)cn1. The van der Waals surface area contributed by atoms with E-state index in [4.69, 9.17) is 14.5 Å². The Bertz CT molecular complexity index is 1550. The molecule has 3 saturated heterocycles. The van der Waals surface area contributed by atoms with Gasteiger partial charge in [0.25, 0.3) is 0 Å². The summed E-state index contributed by atoms with van der Waals surface area (Å²) in [5.74, 6) is 2.11. The highest BCUT2D eigenvalue weighted by molar-refractivity contribution is 5.99. The van der Waals surface area contributed by atoms with E-state index in [9.17, 15) is 10.4 Å². The number of piperidine rings is 1. The number of fused-ring (bicyclic) bond motifs is 3. The number of nitriles is 1. The zero-order chi connectivity index (χ0) is 27.9. The molecule has 2 atom stereocenters. The van der Waals surface area contributed by atoms with Gasteiger partial charge in [0.1, 0.15) is 24.2 Å². The fourth-order valence-corrected chi connectivity index (χ4v) is 5.53. The lowest BCUT2D eigenvalue weighted by atomic mass is 9.87. The van der Waals surface area contributed by atoms with E-state index in [1.807, 2.05) is 36.7 Å². The van der Waals surface area contributed by atoms with Crippen LogP contribution in [0.1, 0.15) is 31.4 Å². The summed E-state index contributed by atoms with van der Waals surface area (Å²) in [5, 5.41) is 28.8. The van der Waals surface area contributed by atoms with Gasteiger partial charge in [-0.2, -0.15) is 15.5 Å². The van der Waals surface area contributed by atoms with E-state index in [0.29, 0.717) is 40.2 Å². The molecular weight excluding hydrogens is 506 g/mol. The molecule has 3 fully saturated rings. The van der Waals surface area contributed by atoms with Crippen LogP contribution in [0.3, 0.4) is 0 Å². The maximum Gasteiger partial charge on any atom is 0.212 e. The lowest BCUT2D eigenvalue weighted by Gasteiger charge is -2.56. The third kappa shape index (κ3) is 5.13. The van der Waals surface area contributed by atoms with E-state index in [0.717, 1.165) is 36.6 Å². The molecule has 10 heteroatoms. The zero-order valence-corrected chi connectivity index (χ0v) is 22.8. The minimum Gasteiger partial charge on any atom is -0.491 e. The number of anilines is 1. The maximum absolute atomic E-state index is 10.1. The molecule has 0 saturated carbocycles. The minimum atomic E-state index is -0.991. The molecule has 10 nitrogen and oxygen atoms in total. The smallest absolute Gasteiger partial charge is 0.212 e. The number of piperazine rings is 1. The number of aliphatic hydroxyl groups is 1. The first kappa shape index (κ1) is 25.9. The molecular formula is C30H31N7O3. The van der Waals surface area contributed by atoms with Gasteiger partial charge in [-0.1, -0.05) is 6.07 Å². The Morgan fingerprint density at radius 3 is 2.55 bits per heavy atom. The summed E-state index contributed by atoms with van der Waals surface area (Å²) in [6.07, 6.45) is 6.40. The van der Waals surface area contributed by atoms with Gasteiger partial charge in [-0.15, -0.1) is 0 Å². The molecule has 3 aliphatic rings. The molecule has 0 aliphatic carbocycles. The Balaban J connectivity index is 1.21. The number of methoxy groups -OCH3 is 1. The highest BCUT2D eigenvalue weighted by Gasteiger charge is 2.44. The van der Waals surface area contributed by atoms with Gasteiger partial charge in [0.15, 0.2) is 0 Å². The van der Waals surface area contributed by atoms with Gasteiger partial charge in [0.05, 0.1) is 30.0 Å². The van der Waals surface area contributed by atoms with Gasteiger partial charge in [0, 0.05) is 67.2 Å². The molecule has 2 bridgehead atoms. The summed E-state index contributed by atoms with van der Waals surface area (Å²) >= 11 is 0. The van der Waals surface area contributed by atoms with Gasteiger partial charge >= 0.3 is 0 Å². The first-order valence-corrected chi connectivity index (χ1v) is 13.3. The average Bonchev–Trinajstić information content (AvgIpc) is 2.98. The second-order valence-corrected chi connectivity index (χ2v) is 11.1. The summed E-state index contributed by atoms with van der Waals surface area (Å²) < 4.78 is 11.0. The van der Waals surface area contributed by atoms with Gasteiger partial charge in [-0.25, -0.2) is 9.97 Å². The van der Waals surface area contributed by atoms with Crippen LogP contribution in [0.2, 0.25) is 0 Å². The van der Waals surface area contributed by atoms with Crippen molar-refractivity contribution in [2.45, 2.75) is 44.5 Å². The highest BCUT2D eigenvalue weighted by atomic mass is 16.5. The van der Waals surface area contributed by atoms with Crippen LogP contribution >= 0.6 is 0 Å². The van der Waals surface area contributed by atoms with Gasteiger partial charge < -0.3 is 19.5 Å². The van der Waals surface area contributed by atoms with E-state index in [-0.39, 0.29) is 6.61 Å². The lowest BCUT2D eigenvalue weighted by Crippen LogP contribution is -2.68. The Morgan fingerprint density at radius 2 is 1.90 bits per heavy atom. The summed E-state index contributed by atoms with van der Waals surface area (Å²) in [4.78, 5) is 14.1. The normalized spacial score (nSPS) is 18.7. The number of hydrogen-bond acceptors (Lipinski definition) is 10. The van der Waals surface area contributed by atoms with Crippen molar-refractivity contribution in [3.8, 4) is 28.8 Å². The van der Waals surface area contributed by atoms with Crippen molar-refractivity contribution in [3.63, 3.8) is 0 Å². The van der Waals surface area contributed by atoms with Crippen LogP contribution in [-0.2, 0) is 6.54 Å². The fourth-order valence-electron chi connectivity index (χ4n) is 5.53. The number of nitrogens with zero attached hydrogens (tertiary/aromatic N) is 7. The zero-order valence-electron chi connectivity index (χ0n) is 22.8. The Kier molecular flexibility index (Phi) is 6.70. The summed E-state index contributed by atoms with van der Waals surface area (Å²) in [6.45, 7) is 6.21. The standard InChI is InChI=1S/C30H31N7O3/c1-30(2,38)18-40-24-9-25(29-21(11-31)14-34-35-26(29)10-24)20-5-6-27(32-13-20)36-16-22-8-23(17-36)37(22)15-19-4-7-28(39-3)33-12-19/h4-7,9-10,12-14,22-23,38H,8,15-18H2,1-3H3. The van der Waals surface area contributed by atoms with Gasteiger partial charge in [-0.05, 0) is 49.6 Å². The van der Waals surface area contributed by atoms with Gasteiger partial charge in [-0.3, -0.25) is 4.90 Å². The van der Waals surface area contributed by atoms with Crippen LogP contribution in [-0.4, -0.2) is 74.7 Å². The first-order valence-electron chi connectivity index (χ1n) is 13.3. The molecule has 2 unspecified atom stereocenters. The fraction of sp³-hybridized carbons (Fsp3) is 0.367. The average molecular weight is 538 g/mol. The van der Waals surface area contributed by atoms with Crippen LogP contribution in [0.4, 0.5) is 5.82 Å². The minimum absolute atomic E-state index is 0.115. The third-order valence-electron chi connectivity index (χ3n) is 7.52. The van der Waals surface area contributed by atoms with E-state index >= 15 is 0 Å². The highest BCUT2D eigenvalue weighted by Crippen LogP contribution is 2.37. The Morgan fingerprint density at radius 1 is 1.07 bits per heavy atom. The van der Waals surface area contributed by atoms with Crippen molar-refractivity contribution in [2.24, 2.45) is 0 Å². The van der Waals surface area contributed by atoms with E-state index < -0.39 is 5.60 Å². The predicted molar refractivity (Wildman–Crippen MR) is 150 cm³/mol. The van der Waals surface area contributed by atoms with Crippen molar-refractivity contribution < 1.29 is 14.6 Å². The number of ether oxygens (including phenoxy) is 2. The van der Waals surface area contributed by atoms with Crippen LogP contribution in [0, 0.1) is 11.3 Å². The number of aromatic nitrogens is 4. The molecule has 4 aromatic rings. The summed E-state index contributed by atoms with van der Waals surface area (Å²) in [5.41, 5.74) is 2.82. The lowest BCUT2D eigenvalue weighted by molar-refractivity contribution is -0.00876. The first-order chi connectivity index (χ1) is 19.3. The molecule has 0 radical (unpaired) electrons. The summed E-state index contributed by atoms with van der Waals surface area (Å²) in [6, 6.07) is 14.9. The molecule has 40 heavy (non-hydrogen) atoms. The number of benzene rings is 1. The largest absolute Gasteiger partial charge is 0.491 e.